The molecule has 1 aromatic heterocycles. The van der Waals surface area contributed by atoms with Gasteiger partial charge in [-0.25, -0.2) is 4.68 Å². The minimum atomic E-state index is -0.419. The minimum absolute atomic E-state index is 0.0897. The number of carbonyl (C=O) groups excluding carboxylic acids is 1. The van der Waals surface area contributed by atoms with Gasteiger partial charge in [-0.3, -0.25) is 4.79 Å². The van der Waals surface area contributed by atoms with Gasteiger partial charge in [0.1, 0.15) is 5.69 Å². The minimum Gasteiger partial charge on any atom is -0.305 e. The molecule has 1 atom stereocenters. The number of nitrogens with zero attached hydrogens (tertiary/aromatic N) is 3. The molecular formula is C10H15BrN4O. The predicted octanol–water partition coefficient (Wildman–Crippen LogP) is 1.29. The van der Waals surface area contributed by atoms with Crippen molar-refractivity contribution >= 4 is 21.7 Å². The Kier molecular flexibility index (Phi) is 3.12. The zero-order valence-corrected chi connectivity index (χ0v) is 11.0. The molecular weight excluding hydrogens is 272 g/mol. The molecule has 16 heavy (non-hydrogen) atoms. The van der Waals surface area contributed by atoms with Crippen LogP contribution in [0.4, 0.5) is 0 Å². The van der Waals surface area contributed by atoms with Crippen molar-refractivity contribution in [3.63, 3.8) is 0 Å². The molecule has 1 aromatic rings. The molecule has 0 aromatic carbocycles. The third-order valence-corrected chi connectivity index (χ3v) is 3.82. The number of hydrogen-bond acceptors (Lipinski definition) is 4. The molecule has 0 bridgehead atoms. The largest absolute Gasteiger partial charge is 0.305 e. The third-order valence-electron chi connectivity index (χ3n) is 3.28. The lowest BCUT2D eigenvalue weighted by Crippen LogP contribution is -2.47. The first-order chi connectivity index (χ1) is 7.60. The first-order valence-corrected chi connectivity index (χ1v) is 6.25. The van der Waals surface area contributed by atoms with E-state index in [0.717, 1.165) is 25.8 Å². The molecule has 2 rings (SSSR count). The second-order valence-electron chi connectivity index (χ2n) is 4.15. The molecule has 1 aliphatic rings. The van der Waals surface area contributed by atoms with Crippen molar-refractivity contribution in [2.75, 3.05) is 6.54 Å². The van der Waals surface area contributed by atoms with Gasteiger partial charge in [-0.1, -0.05) is 12.1 Å². The predicted molar refractivity (Wildman–Crippen MR) is 63.3 cm³/mol. The average Bonchev–Trinajstić information content (AvgIpc) is 2.86. The molecule has 0 radical (unpaired) electrons. The number of ketones is 1. The van der Waals surface area contributed by atoms with E-state index in [9.17, 15) is 4.79 Å². The molecule has 6 heteroatoms. The van der Waals surface area contributed by atoms with Crippen LogP contribution >= 0.6 is 15.9 Å². The highest BCUT2D eigenvalue weighted by atomic mass is 79.9. The summed E-state index contributed by atoms with van der Waals surface area (Å²) < 4.78 is 2.06. The summed E-state index contributed by atoms with van der Waals surface area (Å²) in [5, 5.41) is 11.0. The maximum absolute atomic E-state index is 12.5. The molecule has 0 spiro atoms. The number of aryl methyl sites for hydroxylation is 1. The summed E-state index contributed by atoms with van der Waals surface area (Å²) in [4.78, 5) is 12.5. The quantitative estimate of drug-likeness (QED) is 0.851. The van der Waals surface area contributed by atoms with Crippen molar-refractivity contribution in [3.05, 3.63) is 10.3 Å². The van der Waals surface area contributed by atoms with Gasteiger partial charge in [-0.05, 0) is 41.7 Å². The van der Waals surface area contributed by atoms with Crippen molar-refractivity contribution < 1.29 is 4.79 Å². The first kappa shape index (κ1) is 11.7. The van der Waals surface area contributed by atoms with Gasteiger partial charge in [0.25, 0.3) is 0 Å². The van der Waals surface area contributed by atoms with Gasteiger partial charge in [0.15, 0.2) is 4.60 Å². The molecule has 1 saturated heterocycles. The van der Waals surface area contributed by atoms with Crippen LogP contribution < -0.4 is 5.32 Å². The molecule has 1 N–H and O–H groups in total. The highest BCUT2D eigenvalue weighted by Crippen LogP contribution is 2.29. The van der Waals surface area contributed by atoms with E-state index in [0.29, 0.717) is 10.3 Å². The molecule has 5 nitrogen and oxygen atoms in total. The number of hydrogen-bond donors (Lipinski definition) is 1. The number of nitrogens with one attached hydrogen (secondary N) is 1. The number of aromatic nitrogens is 3. The molecule has 0 saturated carbocycles. The molecule has 1 unspecified atom stereocenters. The molecule has 88 valence electrons. The topological polar surface area (TPSA) is 59.8 Å². The van der Waals surface area contributed by atoms with Crippen LogP contribution in [0.3, 0.4) is 0 Å². The summed E-state index contributed by atoms with van der Waals surface area (Å²) in [7, 11) is 1.74. The lowest BCUT2D eigenvalue weighted by molar-refractivity contribution is 0.0853. The zero-order valence-electron chi connectivity index (χ0n) is 9.46. The maximum Gasteiger partial charge on any atom is 0.203 e. The second-order valence-corrected chi connectivity index (χ2v) is 4.90. The van der Waals surface area contributed by atoms with Gasteiger partial charge in [-0.2, -0.15) is 0 Å². The van der Waals surface area contributed by atoms with E-state index in [1.807, 2.05) is 6.92 Å². The Morgan fingerprint density at radius 3 is 2.88 bits per heavy atom. The van der Waals surface area contributed by atoms with E-state index < -0.39 is 5.54 Å². The van der Waals surface area contributed by atoms with Crippen LogP contribution in [0.2, 0.25) is 0 Å². The lowest BCUT2D eigenvalue weighted by Gasteiger charge is -2.26. The van der Waals surface area contributed by atoms with Crippen LogP contribution in [0.1, 0.15) is 36.7 Å². The fourth-order valence-electron chi connectivity index (χ4n) is 2.26. The monoisotopic (exact) mass is 286 g/mol. The van der Waals surface area contributed by atoms with Gasteiger partial charge in [0, 0.05) is 7.05 Å². The third kappa shape index (κ3) is 1.69. The number of halogens is 1. The summed E-state index contributed by atoms with van der Waals surface area (Å²) in [5.41, 5.74) is 0.133. The normalized spacial score (nSPS) is 24.9. The Morgan fingerprint density at radius 1 is 1.69 bits per heavy atom. The number of rotatable bonds is 3. The Hall–Kier alpha value is -0.750. The van der Waals surface area contributed by atoms with Crippen LogP contribution in [-0.2, 0) is 7.05 Å². The lowest BCUT2D eigenvalue weighted by atomic mass is 9.87. The van der Waals surface area contributed by atoms with Crippen molar-refractivity contribution in [1.29, 1.82) is 0 Å². The van der Waals surface area contributed by atoms with Gasteiger partial charge >= 0.3 is 0 Å². The Balaban J connectivity index is 2.38. The van der Waals surface area contributed by atoms with Gasteiger partial charge in [0.05, 0.1) is 5.54 Å². The summed E-state index contributed by atoms with van der Waals surface area (Å²) in [5.74, 6) is 0.0897. The number of Topliss-reactive ketones (excluding diaryl/α,β-unsaturated/α-hetero) is 1. The molecule has 1 aliphatic heterocycles. The summed E-state index contributed by atoms with van der Waals surface area (Å²) >= 11 is 3.28. The van der Waals surface area contributed by atoms with E-state index in [-0.39, 0.29) is 5.78 Å². The maximum atomic E-state index is 12.5. The van der Waals surface area contributed by atoms with Gasteiger partial charge in [0.2, 0.25) is 5.78 Å². The van der Waals surface area contributed by atoms with E-state index >= 15 is 0 Å². The molecule has 1 fully saturated rings. The van der Waals surface area contributed by atoms with Gasteiger partial charge in [-0.15, -0.1) is 5.10 Å². The fourth-order valence-corrected chi connectivity index (χ4v) is 2.77. The van der Waals surface area contributed by atoms with Crippen LogP contribution in [0.5, 0.6) is 0 Å². The van der Waals surface area contributed by atoms with Crippen LogP contribution in [0.25, 0.3) is 0 Å². The van der Waals surface area contributed by atoms with E-state index in [4.69, 9.17) is 0 Å². The SMILES string of the molecule is CCC1(C(=O)c2c(Br)nnn2C)CCCN1. The average molecular weight is 287 g/mol. The van der Waals surface area contributed by atoms with E-state index in [1.54, 1.807) is 7.05 Å². The summed E-state index contributed by atoms with van der Waals surface area (Å²) in [6.07, 6.45) is 2.73. The van der Waals surface area contributed by atoms with E-state index in [2.05, 4.69) is 31.6 Å². The molecule has 0 amide bonds. The first-order valence-electron chi connectivity index (χ1n) is 5.46. The van der Waals surface area contributed by atoms with Crippen LogP contribution in [0.15, 0.2) is 4.60 Å². The standard InChI is InChI=1S/C10H15BrN4O/c1-3-10(5-4-6-12-10)8(16)7-9(11)13-14-15(7)2/h12H,3-6H2,1-2H3. The second kappa shape index (κ2) is 4.25. The van der Waals surface area contributed by atoms with Crippen LogP contribution in [0, 0.1) is 0 Å². The van der Waals surface area contributed by atoms with E-state index in [1.165, 1.54) is 4.68 Å². The Labute approximate surface area is 103 Å². The smallest absolute Gasteiger partial charge is 0.203 e. The fraction of sp³-hybridized carbons (Fsp3) is 0.700. The van der Waals surface area contributed by atoms with Crippen molar-refractivity contribution in [3.8, 4) is 0 Å². The Morgan fingerprint density at radius 2 is 2.44 bits per heavy atom. The highest BCUT2D eigenvalue weighted by molar-refractivity contribution is 9.10. The van der Waals surface area contributed by atoms with Crippen molar-refractivity contribution in [2.24, 2.45) is 7.05 Å². The highest BCUT2D eigenvalue weighted by Gasteiger charge is 2.41. The zero-order chi connectivity index (χ0) is 11.8. The Bertz CT molecular complexity index is 389. The molecule has 2 heterocycles. The van der Waals surface area contributed by atoms with Crippen molar-refractivity contribution in [1.82, 2.24) is 20.3 Å². The number of carbonyl (C=O) groups is 1. The van der Waals surface area contributed by atoms with Crippen molar-refractivity contribution in [2.45, 2.75) is 31.7 Å². The molecule has 0 aliphatic carbocycles. The summed E-state index contributed by atoms with van der Waals surface area (Å²) in [6, 6.07) is 0. The van der Waals surface area contributed by atoms with Gasteiger partial charge < -0.3 is 5.32 Å². The van der Waals surface area contributed by atoms with Crippen LogP contribution in [-0.4, -0.2) is 32.9 Å². The summed E-state index contributed by atoms with van der Waals surface area (Å²) in [6.45, 7) is 2.94.